The molecule has 1 saturated heterocycles. The maximum atomic E-state index is 10.3. The molecule has 3 unspecified atom stereocenters. The van der Waals surface area contributed by atoms with Crippen LogP contribution in [0.2, 0.25) is 0 Å². The third-order valence-corrected chi connectivity index (χ3v) is 5.56. The number of aliphatic hydroxyl groups excluding tert-OH is 1. The molecule has 2 rings (SSSR count). The lowest BCUT2D eigenvalue weighted by atomic mass is 9.74. The van der Waals surface area contributed by atoms with Crippen molar-refractivity contribution in [2.45, 2.75) is 59.1 Å². The molecular weight excluding hydrogens is 248 g/mol. The summed E-state index contributed by atoms with van der Waals surface area (Å²) in [6.07, 6.45) is 3.40. The molecule has 20 heavy (non-hydrogen) atoms. The zero-order valence-electron chi connectivity index (χ0n) is 13.9. The molecule has 3 heteroatoms. The normalized spacial score (nSPS) is 34.0. The second-order valence-electron chi connectivity index (χ2n) is 7.57. The topological polar surface area (TPSA) is 26.7 Å². The van der Waals surface area contributed by atoms with E-state index < -0.39 is 0 Å². The highest BCUT2D eigenvalue weighted by Gasteiger charge is 2.32. The molecule has 1 aliphatic carbocycles. The van der Waals surface area contributed by atoms with Gasteiger partial charge in [-0.1, -0.05) is 13.8 Å². The lowest BCUT2D eigenvalue weighted by molar-refractivity contribution is 0.00690. The van der Waals surface area contributed by atoms with Gasteiger partial charge in [-0.3, -0.25) is 4.90 Å². The van der Waals surface area contributed by atoms with Gasteiger partial charge in [0.15, 0.2) is 0 Å². The largest absolute Gasteiger partial charge is 0.393 e. The minimum absolute atomic E-state index is 0.0619. The van der Waals surface area contributed by atoms with Gasteiger partial charge in [0.05, 0.1) is 6.10 Å². The fraction of sp³-hybridized carbons (Fsp3) is 1.00. The first-order chi connectivity index (χ1) is 9.47. The van der Waals surface area contributed by atoms with E-state index in [0.29, 0.717) is 12.0 Å². The Kier molecular flexibility index (Phi) is 5.88. The van der Waals surface area contributed by atoms with Gasteiger partial charge in [0, 0.05) is 38.8 Å². The molecule has 0 aromatic rings. The minimum atomic E-state index is -0.0619. The minimum Gasteiger partial charge on any atom is -0.393 e. The van der Waals surface area contributed by atoms with E-state index in [0.717, 1.165) is 24.8 Å². The fourth-order valence-electron chi connectivity index (χ4n) is 3.88. The Balaban J connectivity index is 1.80. The Bertz CT molecular complexity index is 285. The van der Waals surface area contributed by atoms with Crippen molar-refractivity contribution in [1.29, 1.82) is 0 Å². The molecule has 0 spiro atoms. The van der Waals surface area contributed by atoms with E-state index in [1.54, 1.807) is 0 Å². The molecule has 1 N–H and O–H groups in total. The maximum Gasteiger partial charge on any atom is 0.0580 e. The summed E-state index contributed by atoms with van der Waals surface area (Å²) in [6.45, 7) is 15.1. The van der Waals surface area contributed by atoms with E-state index in [-0.39, 0.29) is 6.10 Å². The van der Waals surface area contributed by atoms with Crippen LogP contribution in [0.1, 0.15) is 47.0 Å². The smallest absolute Gasteiger partial charge is 0.0580 e. The van der Waals surface area contributed by atoms with Gasteiger partial charge in [-0.15, -0.1) is 0 Å². The van der Waals surface area contributed by atoms with Crippen molar-refractivity contribution in [2.75, 3.05) is 32.7 Å². The molecule has 0 bridgehead atoms. The first-order valence-corrected chi connectivity index (χ1v) is 8.61. The van der Waals surface area contributed by atoms with Gasteiger partial charge in [-0.05, 0) is 50.9 Å². The van der Waals surface area contributed by atoms with Crippen LogP contribution in [-0.2, 0) is 0 Å². The molecule has 0 aromatic heterocycles. The summed E-state index contributed by atoms with van der Waals surface area (Å²) in [7, 11) is 0. The van der Waals surface area contributed by atoms with Gasteiger partial charge < -0.3 is 10.0 Å². The second-order valence-corrected chi connectivity index (χ2v) is 7.57. The fourth-order valence-corrected chi connectivity index (χ4v) is 3.88. The van der Waals surface area contributed by atoms with E-state index in [2.05, 4.69) is 37.5 Å². The van der Waals surface area contributed by atoms with Crippen molar-refractivity contribution in [3.05, 3.63) is 0 Å². The monoisotopic (exact) mass is 282 g/mol. The van der Waals surface area contributed by atoms with Crippen LogP contribution in [0, 0.1) is 17.8 Å². The van der Waals surface area contributed by atoms with Crippen LogP contribution in [0.4, 0.5) is 0 Å². The van der Waals surface area contributed by atoms with E-state index >= 15 is 0 Å². The van der Waals surface area contributed by atoms with Crippen molar-refractivity contribution >= 4 is 0 Å². The zero-order chi connectivity index (χ0) is 14.7. The summed E-state index contributed by atoms with van der Waals surface area (Å²) < 4.78 is 0. The predicted molar refractivity (Wildman–Crippen MR) is 84.8 cm³/mol. The van der Waals surface area contributed by atoms with Gasteiger partial charge in [0.2, 0.25) is 0 Å². The summed E-state index contributed by atoms with van der Waals surface area (Å²) in [5.41, 5.74) is 0. The number of aliphatic hydroxyl groups is 1. The van der Waals surface area contributed by atoms with Crippen LogP contribution in [-0.4, -0.2) is 59.8 Å². The molecule has 1 saturated carbocycles. The molecule has 1 aliphatic heterocycles. The molecule has 0 aromatic carbocycles. The van der Waals surface area contributed by atoms with E-state index in [1.807, 2.05) is 0 Å². The Labute approximate surface area is 125 Å². The van der Waals surface area contributed by atoms with E-state index in [9.17, 15) is 5.11 Å². The van der Waals surface area contributed by atoms with Gasteiger partial charge in [0.1, 0.15) is 0 Å². The highest BCUT2D eigenvalue weighted by atomic mass is 16.3. The van der Waals surface area contributed by atoms with Crippen LogP contribution >= 0.6 is 0 Å². The van der Waals surface area contributed by atoms with Crippen LogP contribution in [0.5, 0.6) is 0 Å². The Morgan fingerprint density at radius 1 is 1.00 bits per heavy atom. The van der Waals surface area contributed by atoms with Crippen molar-refractivity contribution in [2.24, 2.45) is 17.8 Å². The van der Waals surface area contributed by atoms with E-state index in [1.165, 1.54) is 39.0 Å². The van der Waals surface area contributed by atoms with Crippen molar-refractivity contribution in [1.82, 2.24) is 9.80 Å². The highest BCUT2D eigenvalue weighted by Crippen LogP contribution is 2.34. The van der Waals surface area contributed by atoms with Crippen LogP contribution in [0.3, 0.4) is 0 Å². The third-order valence-electron chi connectivity index (χ3n) is 5.56. The molecule has 3 nitrogen and oxygen atoms in total. The van der Waals surface area contributed by atoms with Crippen LogP contribution in [0.25, 0.3) is 0 Å². The first kappa shape index (κ1) is 16.3. The standard InChI is InChI=1S/C17H34N2O/c1-13(2)15-5-6-17(20)16(11-15)12-18-7-9-19(10-8-18)14(3)4/h13-17,20H,5-12H2,1-4H3. The number of piperazine rings is 1. The molecular formula is C17H34N2O. The Morgan fingerprint density at radius 2 is 1.65 bits per heavy atom. The average molecular weight is 282 g/mol. The lowest BCUT2D eigenvalue weighted by Gasteiger charge is -2.41. The summed E-state index contributed by atoms with van der Waals surface area (Å²) in [5, 5.41) is 10.3. The Hall–Kier alpha value is -0.120. The third kappa shape index (κ3) is 4.19. The molecule has 2 fully saturated rings. The van der Waals surface area contributed by atoms with Crippen molar-refractivity contribution in [3.63, 3.8) is 0 Å². The van der Waals surface area contributed by atoms with Crippen LogP contribution < -0.4 is 0 Å². The van der Waals surface area contributed by atoms with Gasteiger partial charge in [-0.25, -0.2) is 0 Å². The number of hydrogen-bond acceptors (Lipinski definition) is 3. The van der Waals surface area contributed by atoms with Gasteiger partial charge in [0.25, 0.3) is 0 Å². The SMILES string of the molecule is CC(C)C1CCC(O)C(CN2CCN(C(C)C)CC2)C1. The number of rotatable bonds is 4. The molecule has 118 valence electrons. The Morgan fingerprint density at radius 3 is 2.20 bits per heavy atom. The average Bonchev–Trinajstić information content (AvgIpc) is 2.41. The predicted octanol–water partition coefficient (Wildman–Crippen LogP) is 2.45. The second kappa shape index (κ2) is 7.24. The van der Waals surface area contributed by atoms with E-state index in [4.69, 9.17) is 0 Å². The molecule has 1 heterocycles. The molecule has 3 atom stereocenters. The van der Waals surface area contributed by atoms with Gasteiger partial charge in [-0.2, -0.15) is 0 Å². The molecule has 0 amide bonds. The van der Waals surface area contributed by atoms with Crippen molar-refractivity contribution in [3.8, 4) is 0 Å². The highest BCUT2D eigenvalue weighted by molar-refractivity contribution is 4.85. The van der Waals surface area contributed by atoms with Crippen LogP contribution in [0.15, 0.2) is 0 Å². The summed E-state index contributed by atoms with van der Waals surface area (Å²) in [6, 6.07) is 0.669. The number of hydrogen-bond donors (Lipinski definition) is 1. The quantitative estimate of drug-likeness (QED) is 0.858. The maximum absolute atomic E-state index is 10.3. The molecule has 2 aliphatic rings. The summed E-state index contributed by atoms with van der Waals surface area (Å²) in [4.78, 5) is 5.14. The van der Waals surface area contributed by atoms with Gasteiger partial charge >= 0.3 is 0 Å². The summed E-state index contributed by atoms with van der Waals surface area (Å²) >= 11 is 0. The van der Waals surface area contributed by atoms with Crippen molar-refractivity contribution < 1.29 is 5.11 Å². The number of nitrogens with zero attached hydrogens (tertiary/aromatic N) is 2. The first-order valence-electron chi connectivity index (χ1n) is 8.61. The lowest BCUT2D eigenvalue weighted by Crippen LogP contribution is -2.51. The zero-order valence-corrected chi connectivity index (χ0v) is 13.9. The summed E-state index contributed by atoms with van der Waals surface area (Å²) in [5.74, 6) is 2.09. The molecule has 0 radical (unpaired) electrons.